The first-order valence-corrected chi connectivity index (χ1v) is 13.2. The fraction of sp³-hybridized carbons (Fsp3) is 0.269. The third kappa shape index (κ3) is 5.60. The minimum absolute atomic E-state index is 0.0672. The van der Waals surface area contributed by atoms with Crippen LogP contribution < -0.4 is 16.0 Å². The van der Waals surface area contributed by atoms with Crippen molar-refractivity contribution in [1.82, 2.24) is 10.6 Å². The summed E-state index contributed by atoms with van der Waals surface area (Å²) in [6, 6.07) is 17.1. The second-order valence-corrected chi connectivity index (χ2v) is 11.0. The summed E-state index contributed by atoms with van der Waals surface area (Å²) < 4.78 is 25.9. The van der Waals surface area contributed by atoms with Crippen molar-refractivity contribution in [2.24, 2.45) is 0 Å². The van der Waals surface area contributed by atoms with Crippen LogP contribution >= 0.6 is 11.6 Å². The van der Waals surface area contributed by atoms with E-state index >= 15 is 0 Å². The van der Waals surface area contributed by atoms with Gasteiger partial charge in [-0.1, -0.05) is 48.0 Å². The van der Waals surface area contributed by atoms with Gasteiger partial charge in [-0.25, -0.2) is 13.2 Å². The molecule has 0 unspecified atom stereocenters. The molecule has 1 atom stereocenters. The predicted octanol–water partition coefficient (Wildman–Crippen LogP) is 5.15. The quantitative estimate of drug-likeness (QED) is 0.439. The molecular formula is C26H28ClN3O3S. The number of benzene rings is 3. The van der Waals surface area contributed by atoms with Gasteiger partial charge < -0.3 is 16.0 Å². The molecule has 0 aromatic heterocycles. The summed E-state index contributed by atoms with van der Waals surface area (Å²) in [6.07, 6.45) is 0.960. The molecule has 0 fully saturated rings. The van der Waals surface area contributed by atoms with Crippen LogP contribution in [0.15, 0.2) is 65.6 Å². The molecule has 0 radical (unpaired) electrons. The van der Waals surface area contributed by atoms with Crippen LogP contribution in [0.2, 0.25) is 5.02 Å². The molecule has 3 N–H and O–H groups in total. The fourth-order valence-corrected chi connectivity index (χ4v) is 5.74. The molecule has 3 aromatic carbocycles. The number of hydrogen-bond acceptors (Lipinski definition) is 4. The van der Waals surface area contributed by atoms with Crippen LogP contribution in [0.4, 0.5) is 10.5 Å². The average Bonchev–Trinajstić information content (AvgIpc) is 2.80. The van der Waals surface area contributed by atoms with Crippen molar-refractivity contribution >= 4 is 33.2 Å². The number of fused-ring (bicyclic) bond motifs is 1. The fourth-order valence-electron chi connectivity index (χ4n) is 4.12. The van der Waals surface area contributed by atoms with Crippen LogP contribution in [-0.2, 0) is 28.6 Å². The van der Waals surface area contributed by atoms with E-state index in [2.05, 4.69) is 16.0 Å². The summed E-state index contributed by atoms with van der Waals surface area (Å²) in [4.78, 5) is 12.7. The first-order chi connectivity index (χ1) is 16.2. The van der Waals surface area contributed by atoms with E-state index in [0.717, 1.165) is 41.8 Å². The van der Waals surface area contributed by atoms with E-state index in [-0.39, 0.29) is 16.7 Å². The number of carbonyl (C=O) groups excluding carboxylic acids is 1. The number of sulfone groups is 1. The first kappa shape index (κ1) is 24.3. The van der Waals surface area contributed by atoms with Crippen LogP contribution in [0, 0.1) is 6.92 Å². The SMILES string of the molecule is Cc1cccc([C@H](C)NC(=O)Nc2ccc(S(=O)(=O)Cc3ccc4c(c3)CNCC4)cc2)c1Cl. The van der Waals surface area contributed by atoms with Crippen molar-refractivity contribution in [3.63, 3.8) is 0 Å². The lowest BCUT2D eigenvalue weighted by molar-refractivity contribution is 0.249. The molecule has 0 bridgehead atoms. The Morgan fingerprint density at radius 2 is 1.85 bits per heavy atom. The minimum Gasteiger partial charge on any atom is -0.331 e. The van der Waals surface area contributed by atoms with E-state index in [1.807, 2.05) is 50.2 Å². The zero-order valence-electron chi connectivity index (χ0n) is 19.2. The summed E-state index contributed by atoms with van der Waals surface area (Å²) >= 11 is 6.35. The van der Waals surface area contributed by atoms with Gasteiger partial charge in [-0.05, 0) is 78.9 Å². The Bertz CT molecular complexity index is 1310. The van der Waals surface area contributed by atoms with Crippen molar-refractivity contribution in [2.75, 3.05) is 11.9 Å². The lowest BCUT2D eigenvalue weighted by atomic mass is 9.99. The smallest absolute Gasteiger partial charge is 0.319 e. The van der Waals surface area contributed by atoms with Crippen LogP contribution in [0.25, 0.3) is 0 Å². The molecule has 0 spiro atoms. The van der Waals surface area contributed by atoms with Crippen molar-refractivity contribution in [1.29, 1.82) is 0 Å². The first-order valence-electron chi connectivity index (χ1n) is 11.2. The molecule has 1 heterocycles. The minimum atomic E-state index is -3.51. The topological polar surface area (TPSA) is 87.3 Å². The Hall–Kier alpha value is -2.87. The van der Waals surface area contributed by atoms with Crippen LogP contribution in [0.3, 0.4) is 0 Å². The van der Waals surface area contributed by atoms with Crippen LogP contribution in [0.1, 0.15) is 40.8 Å². The zero-order valence-corrected chi connectivity index (χ0v) is 20.8. The molecule has 0 saturated carbocycles. The Kier molecular flexibility index (Phi) is 7.26. The Morgan fingerprint density at radius 3 is 2.62 bits per heavy atom. The van der Waals surface area contributed by atoms with E-state index in [4.69, 9.17) is 11.6 Å². The number of urea groups is 1. The highest BCUT2D eigenvalue weighted by Crippen LogP contribution is 2.26. The van der Waals surface area contributed by atoms with Gasteiger partial charge in [-0.15, -0.1) is 0 Å². The predicted molar refractivity (Wildman–Crippen MR) is 136 cm³/mol. The molecule has 6 nitrogen and oxygen atoms in total. The van der Waals surface area contributed by atoms with Gasteiger partial charge in [-0.3, -0.25) is 0 Å². The van der Waals surface area contributed by atoms with Gasteiger partial charge in [0.1, 0.15) is 0 Å². The van der Waals surface area contributed by atoms with Gasteiger partial charge >= 0.3 is 6.03 Å². The third-order valence-electron chi connectivity index (χ3n) is 6.02. The molecular weight excluding hydrogens is 470 g/mol. The van der Waals surface area contributed by atoms with E-state index in [0.29, 0.717) is 10.7 Å². The monoisotopic (exact) mass is 497 g/mol. The molecule has 4 rings (SSSR count). The van der Waals surface area contributed by atoms with Crippen molar-refractivity contribution in [3.05, 3.63) is 93.5 Å². The van der Waals surface area contributed by atoms with Gasteiger partial charge in [0.2, 0.25) is 0 Å². The highest BCUT2D eigenvalue weighted by atomic mass is 35.5. The van der Waals surface area contributed by atoms with Crippen molar-refractivity contribution in [3.8, 4) is 0 Å². The molecule has 1 aliphatic heterocycles. The van der Waals surface area contributed by atoms with Crippen molar-refractivity contribution in [2.45, 2.75) is 43.5 Å². The zero-order chi connectivity index (χ0) is 24.3. The molecule has 8 heteroatoms. The molecule has 0 saturated heterocycles. The highest BCUT2D eigenvalue weighted by Gasteiger charge is 2.18. The summed E-state index contributed by atoms with van der Waals surface area (Å²) in [7, 11) is -3.51. The van der Waals surface area contributed by atoms with Crippen LogP contribution in [0.5, 0.6) is 0 Å². The lowest BCUT2D eigenvalue weighted by Crippen LogP contribution is -2.31. The number of aryl methyl sites for hydroxylation is 1. The third-order valence-corrected chi connectivity index (χ3v) is 8.24. The largest absolute Gasteiger partial charge is 0.331 e. The van der Waals surface area contributed by atoms with Crippen LogP contribution in [-0.4, -0.2) is 21.0 Å². The number of anilines is 1. The standard InChI is InChI=1S/C26H28ClN3O3S/c1-17-4-3-5-24(25(17)27)18(2)29-26(31)30-22-8-10-23(11-9-22)34(32,33)16-19-6-7-20-12-13-28-15-21(20)14-19/h3-11,14,18,28H,12-13,15-16H2,1-2H3,(H2,29,30,31)/t18-/m0/s1. The van der Waals surface area contributed by atoms with Gasteiger partial charge in [0.15, 0.2) is 9.84 Å². The number of nitrogens with one attached hydrogen (secondary N) is 3. The molecule has 3 aromatic rings. The number of amides is 2. The van der Waals surface area contributed by atoms with E-state index in [1.165, 1.54) is 17.7 Å². The second-order valence-electron chi connectivity index (χ2n) is 8.61. The van der Waals surface area contributed by atoms with Gasteiger partial charge in [0.25, 0.3) is 0 Å². The maximum atomic E-state index is 12.9. The molecule has 34 heavy (non-hydrogen) atoms. The second kappa shape index (κ2) is 10.2. The van der Waals surface area contributed by atoms with E-state index in [1.54, 1.807) is 12.1 Å². The van der Waals surface area contributed by atoms with Gasteiger partial charge in [0, 0.05) is 17.3 Å². The molecule has 2 amide bonds. The number of hydrogen-bond donors (Lipinski definition) is 3. The van der Waals surface area contributed by atoms with E-state index in [9.17, 15) is 13.2 Å². The normalized spacial score (nSPS) is 14.2. The van der Waals surface area contributed by atoms with Gasteiger partial charge in [0.05, 0.1) is 16.7 Å². The molecule has 1 aliphatic rings. The summed E-state index contributed by atoms with van der Waals surface area (Å²) in [5, 5.41) is 9.54. The van der Waals surface area contributed by atoms with E-state index < -0.39 is 15.9 Å². The molecule has 0 aliphatic carbocycles. The lowest BCUT2D eigenvalue weighted by Gasteiger charge is -2.18. The summed E-state index contributed by atoms with van der Waals surface area (Å²) in [5.74, 6) is -0.0672. The number of rotatable bonds is 6. The Labute approximate surface area is 205 Å². The summed E-state index contributed by atoms with van der Waals surface area (Å²) in [6.45, 7) is 5.48. The summed E-state index contributed by atoms with van der Waals surface area (Å²) in [5.41, 5.74) is 5.47. The number of carbonyl (C=O) groups is 1. The molecule has 178 valence electrons. The van der Waals surface area contributed by atoms with Crippen molar-refractivity contribution < 1.29 is 13.2 Å². The average molecular weight is 498 g/mol. The van der Waals surface area contributed by atoms with Gasteiger partial charge in [-0.2, -0.15) is 0 Å². The maximum Gasteiger partial charge on any atom is 0.319 e. The Morgan fingerprint density at radius 1 is 1.09 bits per heavy atom. The Balaban J connectivity index is 1.39. The highest BCUT2D eigenvalue weighted by molar-refractivity contribution is 7.90. The maximum absolute atomic E-state index is 12.9. The number of halogens is 1.